The van der Waals surface area contributed by atoms with Crippen LogP contribution in [0.3, 0.4) is 0 Å². The molecule has 0 aliphatic rings. The van der Waals surface area contributed by atoms with Crippen molar-refractivity contribution in [1.82, 2.24) is 5.32 Å². The van der Waals surface area contributed by atoms with Gasteiger partial charge in [0.25, 0.3) is 0 Å². The highest BCUT2D eigenvalue weighted by molar-refractivity contribution is 7.98. The summed E-state index contributed by atoms with van der Waals surface area (Å²) in [5, 5.41) is 12.2. The number of hydrogen-bond donors (Lipinski definition) is 1. The Hall–Kier alpha value is -0.980. The number of benzene rings is 1. The van der Waals surface area contributed by atoms with Gasteiger partial charge in [-0.25, -0.2) is 0 Å². The molecule has 1 unspecified atom stereocenters. The third-order valence-corrected chi connectivity index (χ3v) is 3.41. The molecule has 0 heterocycles. The summed E-state index contributed by atoms with van der Waals surface area (Å²) in [6, 6.07) is 13.1. The van der Waals surface area contributed by atoms with Crippen LogP contribution in [-0.2, 0) is 5.75 Å². The van der Waals surface area contributed by atoms with Gasteiger partial charge in [0, 0.05) is 11.8 Å². The average molecular weight is 248 g/mol. The molecule has 0 saturated carbocycles. The quantitative estimate of drug-likeness (QED) is 0.753. The molecule has 0 amide bonds. The fraction of sp³-hybridized carbons (Fsp3) is 0.500. The highest BCUT2D eigenvalue weighted by Gasteiger charge is 2.07. The van der Waals surface area contributed by atoms with Crippen molar-refractivity contribution in [3.63, 3.8) is 0 Å². The van der Waals surface area contributed by atoms with Crippen molar-refractivity contribution in [2.45, 2.75) is 38.1 Å². The van der Waals surface area contributed by atoms with E-state index in [2.05, 4.69) is 49.5 Å². The van der Waals surface area contributed by atoms with Crippen LogP contribution in [0.2, 0.25) is 0 Å². The van der Waals surface area contributed by atoms with Gasteiger partial charge in [-0.3, -0.25) is 5.32 Å². The van der Waals surface area contributed by atoms with Gasteiger partial charge in [0.15, 0.2) is 0 Å². The molecular weight excluding hydrogens is 228 g/mol. The SMILES string of the molecule is CC(C)NC(C#N)CCSCc1ccccc1. The van der Waals surface area contributed by atoms with Crippen LogP contribution < -0.4 is 5.32 Å². The summed E-state index contributed by atoms with van der Waals surface area (Å²) in [5.74, 6) is 2.05. The van der Waals surface area contributed by atoms with Crippen molar-refractivity contribution >= 4 is 11.8 Å². The van der Waals surface area contributed by atoms with Crippen LogP contribution in [0, 0.1) is 11.3 Å². The molecular formula is C14H20N2S. The second-order valence-corrected chi connectivity index (χ2v) is 5.44. The minimum absolute atomic E-state index is 0.0155. The molecule has 0 aromatic heterocycles. The van der Waals surface area contributed by atoms with Crippen LogP contribution in [-0.4, -0.2) is 17.8 Å². The largest absolute Gasteiger partial charge is 0.300 e. The second-order valence-electron chi connectivity index (χ2n) is 4.33. The maximum absolute atomic E-state index is 8.97. The average Bonchev–Trinajstić information content (AvgIpc) is 2.34. The molecule has 1 atom stereocenters. The molecule has 0 bridgehead atoms. The zero-order valence-electron chi connectivity index (χ0n) is 10.5. The summed E-state index contributed by atoms with van der Waals surface area (Å²) >= 11 is 1.89. The highest BCUT2D eigenvalue weighted by Crippen LogP contribution is 2.13. The van der Waals surface area contributed by atoms with Crippen molar-refractivity contribution in [2.75, 3.05) is 5.75 Å². The maximum atomic E-state index is 8.97. The minimum atomic E-state index is -0.0155. The number of nitrogens with zero attached hydrogens (tertiary/aromatic N) is 1. The summed E-state index contributed by atoms with van der Waals surface area (Å²) in [4.78, 5) is 0. The minimum Gasteiger partial charge on any atom is -0.300 e. The lowest BCUT2D eigenvalue weighted by atomic mass is 10.2. The van der Waals surface area contributed by atoms with Crippen LogP contribution in [0.1, 0.15) is 25.8 Å². The first kappa shape index (κ1) is 14.1. The molecule has 0 spiro atoms. The Morgan fingerprint density at radius 2 is 2.00 bits per heavy atom. The summed E-state index contributed by atoms with van der Waals surface area (Å²) < 4.78 is 0. The molecule has 92 valence electrons. The Morgan fingerprint density at radius 1 is 1.29 bits per heavy atom. The fourth-order valence-corrected chi connectivity index (χ4v) is 2.53. The number of thioether (sulfide) groups is 1. The van der Waals surface area contributed by atoms with E-state index >= 15 is 0 Å². The molecule has 1 aromatic carbocycles. The number of hydrogen-bond acceptors (Lipinski definition) is 3. The molecule has 0 fully saturated rings. The Kier molecular flexibility index (Phi) is 6.76. The van der Waals surface area contributed by atoms with Crippen LogP contribution in [0.15, 0.2) is 30.3 Å². The summed E-state index contributed by atoms with van der Waals surface area (Å²) in [7, 11) is 0. The topological polar surface area (TPSA) is 35.8 Å². The first-order chi connectivity index (χ1) is 8.22. The van der Waals surface area contributed by atoms with Crippen LogP contribution in [0.25, 0.3) is 0 Å². The molecule has 0 aliphatic carbocycles. The maximum Gasteiger partial charge on any atom is 0.0962 e. The Morgan fingerprint density at radius 3 is 2.59 bits per heavy atom. The van der Waals surface area contributed by atoms with E-state index in [0.717, 1.165) is 17.9 Å². The van der Waals surface area contributed by atoms with Gasteiger partial charge in [0.1, 0.15) is 0 Å². The van der Waals surface area contributed by atoms with E-state index in [0.29, 0.717) is 6.04 Å². The third-order valence-electron chi connectivity index (χ3n) is 2.35. The molecule has 0 radical (unpaired) electrons. The fourth-order valence-electron chi connectivity index (χ4n) is 1.55. The Labute approximate surface area is 108 Å². The van der Waals surface area contributed by atoms with Gasteiger partial charge in [0.2, 0.25) is 0 Å². The molecule has 0 saturated heterocycles. The number of nitriles is 1. The van der Waals surface area contributed by atoms with Gasteiger partial charge in [-0.1, -0.05) is 30.3 Å². The van der Waals surface area contributed by atoms with E-state index in [1.54, 1.807) is 0 Å². The lowest BCUT2D eigenvalue weighted by Crippen LogP contribution is -2.33. The van der Waals surface area contributed by atoms with Crippen LogP contribution in [0.4, 0.5) is 0 Å². The van der Waals surface area contributed by atoms with Crippen LogP contribution in [0.5, 0.6) is 0 Å². The van der Waals surface area contributed by atoms with Gasteiger partial charge < -0.3 is 0 Å². The van der Waals surface area contributed by atoms with Gasteiger partial charge in [-0.15, -0.1) is 0 Å². The molecule has 2 nitrogen and oxygen atoms in total. The number of nitrogens with one attached hydrogen (secondary N) is 1. The smallest absolute Gasteiger partial charge is 0.0962 e. The second kappa shape index (κ2) is 8.16. The lowest BCUT2D eigenvalue weighted by Gasteiger charge is -2.13. The molecule has 17 heavy (non-hydrogen) atoms. The number of rotatable bonds is 7. The summed E-state index contributed by atoms with van der Waals surface area (Å²) in [6.45, 7) is 4.14. The van der Waals surface area contributed by atoms with E-state index in [1.165, 1.54) is 5.56 Å². The zero-order valence-corrected chi connectivity index (χ0v) is 11.3. The zero-order chi connectivity index (χ0) is 12.5. The standard InChI is InChI=1S/C14H20N2S/c1-12(2)16-14(10-15)8-9-17-11-13-6-4-3-5-7-13/h3-7,12,14,16H,8-9,11H2,1-2H3. The van der Waals surface area contributed by atoms with Crippen molar-refractivity contribution < 1.29 is 0 Å². The van der Waals surface area contributed by atoms with E-state index in [4.69, 9.17) is 5.26 Å². The third kappa shape index (κ3) is 6.35. The van der Waals surface area contributed by atoms with E-state index in [1.807, 2.05) is 17.8 Å². The van der Waals surface area contributed by atoms with Crippen molar-refractivity contribution in [3.05, 3.63) is 35.9 Å². The first-order valence-electron chi connectivity index (χ1n) is 5.99. The predicted molar refractivity (Wildman–Crippen MR) is 74.9 cm³/mol. The van der Waals surface area contributed by atoms with Gasteiger partial charge in [0.05, 0.1) is 12.1 Å². The normalized spacial score (nSPS) is 12.4. The van der Waals surface area contributed by atoms with E-state index < -0.39 is 0 Å². The molecule has 1 N–H and O–H groups in total. The highest BCUT2D eigenvalue weighted by atomic mass is 32.2. The molecule has 1 rings (SSSR count). The van der Waals surface area contributed by atoms with E-state index in [-0.39, 0.29) is 6.04 Å². The lowest BCUT2D eigenvalue weighted by molar-refractivity contribution is 0.522. The van der Waals surface area contributed by atoms with Crippen molar-refractivity contribution in [1.29, 1.82) is 5.26 Å². The van der Waals surface area contributed by atoms with Crippen LogP contribution >= 0.6 is 11.8 Å². The predicted octanol–water partition coefficient (Wildman–Crippen LogP) is 3.20. The van der Waals surface area contributed by atoms with Crippen molar-refractivity contribution in [3.8, 4) is 6.07 Å². The van der Waals surface area contributed by atoms with Gasteiger partial charge in [-0.05, 0) is 31.6 Å². The Balaban J connectivity index is 2.17. The summed E-state index contributed by atoms with van der Waals surface area (Å²) in [6.07, 6.45) is 0.909. The Bertz CT molecular complexity index is 343. The monoisotopic (exact) mass is 248 g/mol. The molecule has 0 aliphatic heterocycles. The van der Waals surface area contributed by atoms with Crippen molar-refractivity contribution in [2.24, 2.45) is 0 Å². The molecule has 3 heteroatoms. The first-order valence-corrected chi connectivity index (χ1v) is 7.15. The van der Waals surface area contributed by atoms with Gasteiger partial charge >= 0.3 is 0 Å². The van der Waals surface area contributed by atoms with E-state index in [9.17, 15) is 0 Å². The summed E-state index contributed by atoms with van der Waals surface area (Å²) in [5.41, 5.74) is 1.35. The van der Waals surface area contributed by atoms with Gasteiger partial charge in [-0.2, -0.15) is 17.0 Å². The molecule has 1 aromatic rings.